The summed E-state index contributed by atoms with van der Waals surface area (Å²) in [6.45, 7) is 0.483. The highest BCUT2D eigenvalue weighted by atomic mass is 16.5. The van der Waals surface area contributed by atoms with E-state index in [1.165, 1.54) is 23.5 Å². The van der Waals surface area contributed by atoms with Crippen LogP contribution in [0.5, 0.6) is 11.5 Å². The van der Waals surface area contributed by atoms with Gasteiger partial charge >= 0.3 is 0 Å². The molecule has 1 N–H and O–H groups in total. The van der Waals surface area contributed by atoms with Gasteiger partial charge in [-0.25, -0.2) is 4.98 Å². The van der Waals surface area contributed by atoms with Gasteiger partial charge in [0.25, 0.3) is 5.91 Å². The lowest BCUT2D eigenvalue weighted by atomic mass is 10.0. The monoisotopic (exact) mass is 496 g/mol. The first-order valence-corrected chi connectivity index (χ1v) is 11.7. The maximum absolute atomic E-state index is 13.8. The van der Waals surface area contributed by atoms with Gasteiger partial charge < -0.3 is 19.7 Å². The van der Waals surface area contributed by atoms with Crippen LogP contribution in [-0.4, -0.2) is 40.9 Å². The first-order chi connectivity index (χ1) is 18.1. The van der Waals surface area contributed by atoms with Crippen LogP contribution in [0.25, 0.3) is 0 Å². The average Bonchev–Trinajstić information content (AvgIpc) is 2.97. The van der Waals surface area contributed by atoms with Gasteiger partial charge in [-0.3, -0.25) is 14.6 Å². The number of hydrogen-bond acceptors (Lipinski definition) is 6. The number of methoxy groups -OCH3 is 2. The number of carbonyl (C=O) groups excluding carboxylic acids is 2. The van der Waals surface area contributed by atoms with E-state index in [2.05, 4.69) is 15.3 Å². The SMILES string of the molecule is COc1ccc(CN(C(=O)c2cnccn2)[C@H](C(=O)NCc2ccccc2)c2ccc(OC)cc2)cc1. The lowest BCUT2D eigenvalue weighted by Gasteiger charge is -2.31. The highest BCUT2D eigenvalue weighted by molar-refractivity contribution is 5.96. The number of hydrogen-bond donors (Lipinski definition) is 1. The van der Waals surface area contributed by atoms with Crippen molar-refractivity contribution in [2.24, 2.45) is 0 Å². The minimum Gasteiger partial charge on any atom is -0.497 e. The van der Waals surface area contributed by atoms with Crippen LogP contribution in [0.15, 0.2) is 97.5 Å². The first kappa shape index (κ1) is 25.4. The summed E-state index contributed by atoms with van der Waals surface area (Å²) in [5.74, 6) is 0.608. The fourth-order valence-corrected chi connectivity index (χ4v) is 3.91. The molecule has 2 amide bonds. The molecule has 3 aromatic carbocycles. The lowest BCUT2D eigenvalue weighted by molar-refractivity contribution is -0.126. The molecule has 37 heavy (non-hydrogen) atoms. The van der Waals surface area contributed by atoms with E-state index < -0.39 is 11.9 Å². The molecule has 0 saturated heterocycles. The standard InChI is InChI=1S/C29H28N4O4/c1-36-24-12-8-22(9-13-24)20-33(29(35)26-19-30-16-17-31-26)27(23-10-14-25(37-2)15-11-23)28(34)32-18-21-6-4-3-5-7-21/h3-17,19,27H,18,20H2,1-2H3,(H,32,34)/t27-/m0/s1. The number of aromatic nitrogens is 2. The summed E-state index contributed by atoms with van der Waals surface area (Å²) in [5.41, 5.74) is 2.56. The van der Waals surface area contributed by atoms with Gasteiger partial charge in [0.1, 0.15) is 23.2 Å². The van der Waals surface area contributed by atoms with E-state index >= 15 is 0 Å². The average molecular weight is 497 g/mol. The second kappa shape index (κ2) is 12.3. The molecule has 8 nitrogen and oxygen atoms in total. The predicted molar refractivity (Wildman–Crippen MR) is 139 cm³/mol. The van der Waals surface area contributed by atoms with Gasteiger partial charge in [-0.15, -0.1) is 0 Å². The van der Waals surface area contributed by atoms with Crippen molar-refractivity contribution in [1.82, 2.24) is 20.2 Å². The number of rotatable bonds is 10. The second-order valence-corrected chi connectivity index (χ2v) is 8.25. The smallest absolute Gasteiger partial charge is 0.275 e. The van der Waals surface area contributed by atoms with Crippen LogP contribution < -0.4 is 14.8 Å². The number of ether oxygens (including phenoxy) is 2. The molecule has 4 rings (SSSR count). The molecule has 0 fully saturated rings. The number of carbonyl (C=O) groups is 2. The summed E-state index contributed by atoms with van der Waals surface area (Å²) in [6.07, 6.45) is 4.35. The van der Waals surface area contributed by atoms with Gasteiger partial charge in [0, 0.05) is 25.5 Å². The van der Waals surface area contributed by atoms with Crippen molar-refractivity contribution in [3.05, 3.63) is 120 Å². The zero-order valence-electron chi connectivity index (χ0n) is 20.7. The highest BCUT2D eigenvalue weighted by Crippen LogP contribution is 2.28. The van der Waals surface area contributed by atoms with Gasteiger partial charge in [-0.05, 0) is 41.0 Å². The molecule has 8 heteroatoms. The Bertz CT molecular complexity index is 1300. The van der Waals surface area contributed by atoms with Crippen molar-refractivity contribution in [2.75, 3.05) is 14.2 Å². The highest BCUT2D eigenvalue weighted by Gasteiger charge is 2.33. The lowest BCUT2D eigenvalue weighted by Crippen LogP contribution is -2.43. The Morgan fingerprint density at radius 1 is 0.838 bits per heavy atom. The molecular weight excluding hydrogens is 468 g/mol. The second-order valence-electron chi connectivity index (χ2n) is 8.25. The minimum atomic E-state index is -0.939. The zero-order valence-corrected chi connectivity index (χ0v) is 20.7. The molecule has 1 heterocycles. The normalized spacial score (nSPS) is 11.3. The fraction of sp³-hybridized carbons (Fsp3) is 0.172. The number of nitrogens with zero attached hydrogens (tertiary/aromatic N) is 3. The largest absolute Gasteiger partial charge is 0.497 e. The maximum Gasteiger partial charge on any atom is 0.275 e. The summed E-state index contributed by atoms with van der Waals surface area (Å²) in [4.78, 5) is 37.3. The summed E-state index contributed by atoms with van der Waals surface area (Å²) in [5, 5.41) is 3.00. The Kier molecular flexibility index (Phi) is 8.44. The topological polar surface area (TPSA) is 93.7 Å². The Labute approximate surface area is 215 Å². The minimum absolute atomic E-state index is 0.144. The third kappa shape index (κ3) is 6.49. The van der Waals surface area contributed by atoms with Crippen molar-refractivity contribution in [3.8, 4) is 11.5 Å². The van der Waals surface area contributed by atoms with Crippen LogP contribution in [0.3, 0.4) is 0 Å². The van der Waals surface area contributed by atoms with Gasteiger partial charge in [-0.1, -0.05) is 54.6 Å². The third-order valence-electron chi connectivity index (χ3n) is 5.86. The van der Waals surface area contributed by atoms with Crippen molar-refractivity contribution in [2.45, 2.75) is 19.1 Å². The number of benzene rings is 3. The third-order valence-corrected chi connectivity index (χ3v) is 5.86. The first-order valence-electron chi connectivity index (χ1n) is 11.7. The molecular formula is C29H28N4O4. The Morgan fingerprint density at radius 2 is 1.49 bits per heavy atom. The maximum atomic E-state index is 13.8. The van der Waals surface area contributed by atoms with Crippen LogP contribution in [-0.2, 0) is 17.9 Å². The van der Waals surface area contributed by atoms with Crippen molar-refractivity contribution in [1.29, 1.82) is 0 Å². The van der Waals surface area contributed by atoms with Crippen molar-refractivity contribution in [3.63, 3.8) is 0 Å². The van der Waals surface area contributed by atoms with E-state index in [0.717, 1.165) is 11.1 Å². The molecule has 0 bridgehead atoms. The molecule has 1 atom stereocenters. The Hall–Kier alpha value is -4.72. The Morgan fingerprint density at radius 3 is 2.08 bits per heavy atom. The fourth-order valence-electron chi connectivity index (χ4n) is 3.91. The number of amides is 2. The van der Waals surface area contributed by atoms with Gasteiger partial charge in [0.15, 0.2) is 0 Å². The van der Waals surface area contributed by atoms with Crippen LogP contribution in [0.2, 0.25) is 0 Å². The molecule has 0 aliphatic heterocycles. The van der Waals surface area contributed by atoms with E-state index in [0.29, 0.717) is 23.6 Å². The summed E-state index contributed by atoms with van der Waals surface area (Å²) >= 11 is 0. The number of nitrogens with one attached hydrogen (secondary N) is 1. The van der Waals surface area contributed by atoms with E-state index in [4.69, 9.17) is 9.47 Å². The van der Waals surface area contributed by atoms with Gasteiger partial charge in [0.2, 0.25) is 5.91 Å². The van der Waals surface area contributed by atoms with Gasteiger partial charge in [0.05, 0.1) is 20.4 Å². The molecule has 0 aliphatic rings. The predicted octanol–water partition coefficient (Wildman–Crippen LogP) is 4.19. The molecule has 0 unspecified atom stereocenters. The summed E-state index contributed by atoms with van der Waals surface area (Å²) < 4.78 is 10.6. The van der Waals surface area contributed by atoms with E-state index in [1.807, 2.05) is 54.6 Å². The molecule has 0 saturated carbocycles. The molecule has 1 aromatic heterocycles. The van der Waals surface area contributed by atoms with Gasteiger partial charge in [-0.2, -0.15) is 0 Å². The van der Waals surface area contributed by atoms with Crippen molar-refractivity contribution < 1.29 is 19.1 Å². The van der Waals surface area contributed by atoms with Crippen LogP contribution in [0, 0.1) is 0 Å². The molecule has 0 spiro atoms. The van der Waals surface area contributed by atoms with Crippen molar-refractivity contribution >= 4 is 11.8 Å². The van der Waals surface area contributed by atoms with E-state index in [-0.39, 0.29) is 18.1 Å². The molecule has 4 aromatic rings. The Balaban J connectivity index is 1.73. The molecule has 0 radical (unpaired) electrons. The van der Waals surface area contributed by atoms with Crippen LogP contribution in [0.1, 0.15) is 33.2 Å². The molecule has 0 aliphatic carbocycles. The van der Waals surface area contributed by atoms with Crippen LogP contribution in [0.4, 0.5) is 0 Å². The van der Waals surface area contributed by atoms with E-state index in [9.17, 15) is 9.59 Å². The van der Waals surface area contributed by atoms with E-state index in [1.54, 1.807) is 38.5 Å². The quantitative estimate of drug-likeness (QED) is 0.354. The summed E-state index contributed by atoms with van der Waals surface area (Å²) in [6, 6.07) is 23.1. The van der Waals surface area contributed by atoms with Crippen LogP contribution >= 0.6 is 0 Å². The zero-order chi connectivity index (χ0) is 26.0. The molecule has 188 valence electrons. The summed E-state index contributed by atoms with van der Waals surface area (Å²) in [7, 11) is 3.17.